The molecule has 1 heterocycles. The first-order chi connectivity index (χ1) is 11.9. The third-order valence-electron chi connectivity index (χ3n) is 4.29. The molecule has 5 heteroatoms. The molecule has 0 aliphatic rings. The number of benzene rings is 1. The minimum Gasteiger partial charge on any atom is -0.343 e. The van der Waals surface area contributed by atoms with E-state index in [4.69, 9.17) is 0 Å². The van der Waals surface area contributed by atoms with Gasteiger partial charge in [0.15, 0.2) is 0 Å². The second-order valence-corrected chi connectivity index (χ2v) is 7.94. The molecule has 1 amide bonds. The first-order valence-corrected chi connectivity index (χ1v) is 9.53. The molecule has 0 aliphatic heterocycles. The van der Waals surface area contributed by atoms with Crippen LogP contribution in [0.1, 0.15) is 43.7 Å². The Hall–Kier alpha value is -1.72. The standard InChI is InChI=1S/C20H27FN2OS/c1-14(2)12-15(3)23(4)13-19(24)22-20(18-6-5-11-25-18)16-7-9-17(21)10-8-16/h5-11,14-15,20H,12-13H2,1-4H3,(H,22,24). The maximum atomic E-state index is 13.2. The van der Waals surface area contributed by atoms with E-state index in [0.29, 0.717) is 18.5 Å². The molecule has 0 spiro atoms. The van der Waals surface area contributed by atoms with Crippen molar-refractivity contribution in [1.82, 2.24) is 10.2 Å². The van der Waals surface area contributed by atoms with E-state index in [2.05, 4.69) is 31.0 Å². The molecule has 0 bridgehead atoms. The van der Waals surface area contributed by atoms with Crippen LogP contribution in [0.2, 0.25) is 0 Å². The number of hydrogen-bond donors (Lipinski definition) is 1. The highest BCUT2D eigenvalue weighted by molar-refractivity contribution is 7.10. The van der Waals surface area contributed by atoms with Crippen molar-refractivity contribution in [2.75, 3.05) is 13.6 Å². The van der Waals surface area contributed by atoms with Gasteiger partial charge in [0.05, 0.1) is 12.6 Å². The summed E-state index contributed by atoms with van der Waals surface area (Å²) in [6.45, 7) is 6.86. The Kier molecular flexibility index (Phi) is 7.14. The predicted octanol–water partition coefficient (Wildman–Crippen LogP) is 4.46. The number of rotatable bonds is 8. The molecule has 2 unspecified atom stereocenters. The Morgan fingerprint density at radius 1 is 1.20 bits per heavy atom. The van der Waals surface area contributed by atoms with Gasteiger partial charge in [0.2, 0.25) is 5.91 Å². The van der Waals surface area contributed by atoms with Crippen molar-refractivity contribution in [2.45, 2.75) is 39.3 Å². The largest absolute Gasteiger partial charge is 0.343 e. The Morgan fingerprint density at radius 2 is 1.88 bits per heavy atom. The monoisotopic (exact) mass is 362 g/mol. The third kappa shape index (κ3) is 5.94. The van der Waals surface area contributed by atoms with E-state index >= 15 is 0 Å². The van der Waals surface area contributed by atoms with Gasteiger partial charge >= 0.3 is 0 Å². The molecular weight excluding hydrogens is 335 g/mol. The maximum absolute atomic E-state index is 13.2. The minimum absolute atomic E-state index is 0.0270. The lowest BCUT2D eigenvalue weighted by Crippen LogP contribution is -2.41. The fourth-order valence-electron chi connectivity index (χ4n) is 2.88. The van der Waals surface area contributed by atoms with E-state index in [1.165, 1.54) is 12.1 Å². The van der Waals surface area contributed by atoms with E-state index in [0.717, 1.165) is 16.9 Å². The highest BCUT2D eigenvalue weighted by atomic mass is 32.1. The van der Waals surface area contributed by atoms with Crippen LogP contribution in [0.15, 0.2) is 41.8 Å². The van der Waals surface area contributed by atoms with Crippen molar-refractivity contribution >= 4 is 17.2 Å². The molecule has 25 heavy (non-hydrogen) atoms. The summed E-state index contributed by atoms with van der Waals surface area (Å²) in [5.41, 5.74) is 0.884. The first kappa shape index (κ1) is 19.6. The second kappa shape index (κ2) is 9.11. The molecule has 0 radical (unpaired) electrons. The highest BCUT2D eigenvalue weighted by Crippen LogP contribution is 2.26. The number of thiophene rings is 1. The number of nitrogens with one attached hydrogen (secondary N) is 1. The normalized spacial score (nSPS) is 13.9. The quantitative estimate of drug-likeness (QED) is 0.752. The average molecular weight is 363 g/mol. The molecule has 2 atom stereocenters. The summed E-state index contributed by atoms with van der Waals surface area (Å²) in [5, 5.41) is 5.08. The maximum Gasteiger partial charge on any atom is 0.234 e. The van der Waals surface area contributed by atoms with E-state index < -0.39 is 0 Å². The van der Waals surface area contributed by atoms with Crippen molar-refractivity contribution in [3.63, 3.8) is 0 Å². The van der Waals surface area contributed by atoms with E-state index in [1.54, 1.807) is 23.5 Å². The summed E-state index contributed by atoms with van der Waals surface area (Å²) in [7, 11) is 1.98. The fraction of sp³-hybridized carbons (Fsp3) is 0.450. The number of likely N-dealkylation sites (N-methyl/N-ethyl adjacent to an activating group) is 1. The van der Waals surface area contributed by atoms with Crippen molar-refractivity contribution in [2.24, 2.45) is 5.92 Å². The van der Waals surface area contributed by atoms with Crippen LogP contribution in [0.5, 0.6) is 0 Å². The molecule has 1 N–H and O–H groups in total. The number of nitrogens with zero attached hydrogens (tertiary/aromatic N) is 1. The number of halogens is 1. The van der Waals surface area contributed by atoms with Crippen molar-refractivity contribution in [1.29, 1.82) is 0 Å². The van der Waals surface area contributed by atoms with E-state index in [1.807, 2.05) is 24.6 Å². The van der Waals surface area contributed by atoms with Gasteiger partial charge in [0.1, 0.15) is 5.82 Å². The summed E-state index contributed by atoms with van der Waals surface area (Å²) in [6, 6.07) is 10.4. The lowest BCUT2D eigenvalue weighted by molar-refractivity contribution is -0.122. The van der Waals surface area contributed by atoms with Gasteiger partial charge in [-0.2, -0.15) is 0 Å². The molecule has 1 aromatic heterocycles. The fourth-order valence-corrected chi connectivity index (χ4v) is 3.68. The van der Waals surface area contributed by atoms with Crippen molar-refractivity contribution < 1.29 is 9.18 Å². The second-order valence-electron chi connectivity index (χ2n) is 6.96. The van der Waals surface area contributed by atoms with E-state index in [-0.39, 0.29) is 17.8 Å². The van der Waals surface area contributed by atoms with Crippen LogP contribution in [0.3, 0.4) is 0 Å². The van der Waals surface area contributed by atoms with Gasteiger partial charge < -0.3 is 5.32 Å². The summed E-state index contributed by atoms with van der Waals surface area (Å²) in [5.74, 6) is 0.293. The van der Waals surface area contributed by atoms with Crippen molar-refractivity contribution in [3.05, 3.63) is 58.0 Å². The van der Waals surface area contributed by atoms with Crippen LogP contribution in [0, 0.1) is 11.7 Å². The molecule has 2 rings (SSSR count). The molecule has 0 saturated heterocycles. The number of hydrogen-bond acceptors (Lipinski definition) is 3. The lowest BCUT2D eigenvalue weighted by Gasteiger charge is -2.26. The Morgan fingerprint density at radius 3 is 2.44 bits per heavy atom. The van der Waals surface area contributed by atoms with Gasteiger partial charge in [-0.1, -0.05) is 32.0 Å². The third-order valence-corrected chi connectivity index (χ3v) is 5.23. The van der Waals surface area contributed by atoms with E-state index in [9.17, 15) is 9.18 Å². The number of amides is 1. The smallest absolute Gasteiger partial charge is 0.234 e. The summed E-state index contributed by atoms with van der Waals surface area (Å²) < 4.78 is 13.2. The molecule has 136 valence electrons. The van der Waals surface area contributed by atoms with Gasteiger partial charge in [-0.15, -0.1) is 11.3 Å². The Balaban J connectivity index is 2.06. The minimum atomic E-state index is -0.276. The Bertz CT molecular complexity index is 655. The van der Waals surface area contributed by atoms with Gasteiger partial charge in [-0.25, -0.2) is 4.39 Å². The van der Waals surface area contributed by atoms with Gasteiger partial charge in [-0.05, 0) is 55.5 Å². The van der Waals surface area contributed by atoms with Crippen LogP contribution in [0.4, 0.5) is 4.39 Å². The molecule has 2 aromatic rings. The van der Waals surface area contributed by atoms with Crippen LogP contribution in [-0.4, -0.2) is 30.4 Å². The zero-order valence-corrected chi connectivity index (χ0v) is 16.1. The van der Waals surface area contributed by atoms with Gasteiger partial charge in [-0.3, -0.25) is 9.69 Å². The highest BCUT2D eigenvalue weighted by Gasteiger charge is 2.20. The van der Waals surface area contributed by atoms with Crippen molar-refractivity contribution in [3.8, 4) is 0 Å². The zero-order valence-electron chi connectivity index (χ0n) is 15.3. The van der Waals surface area contributed by atoms with Crippen LogP contribution in [0.25, 0.3) is 0 Å². The Labute approximate surface area is 153 Å². The van der Waals surface area contributed by atoms with Crippen LogP contribution in [-0.2, 0) is 4.79 Å². The topological polar surface area (TPSA) is 32.3 Å². The molecule has 0 saturated carbocycles. The number of carbonyl (C=O) groups excluding carboxylic acids is 1. The average Bonchev–Trinajstić information content (AvgIpc) is 3.07. The SMILES string of the molecule is CC(C)CC(C)N(C)CC(=O)NC(c1ccc(F)cc1)c1cccs1. The summed E-state index contributed by atoms with van der Waals surface area (Å²) in [4.78, 5) is 15.7. The molecular formula is C20H27FN2OS. The summed E-state index contributed by atoms with van der Waals surface area (Å²) in [6.07, 6.45) is 1.05. The first-order valence-electron chi connectivity index (χ1n) is 8.65. The number of carbonyl (C=O) groups is 1. The molecule has 3 nitrogen and oxygen atoms in total. The van der Waals surface area contributed by atoms with Crippen LogP contribution < -0.4 is 5.32 Å². The summed E-state index contributed by atoms with van der Waals surface area (Å²) >= 11 is 1.58. The van der Waals surface area contributed by atoms with Gasteiger partial charge in [0, 0.05) is 10.9 Å². The molecule has 0 fully saturated rings. The zero-order chi connectivity index (χ0) is 18.4. The lowest BCUT2D eigenvalue weighted by atomic mass is 10.0. The molecule has 0 aliphatic carbocycles. The molecule has 1 aromatic carbocycles. The van der Waals surface area contributed by atoms with Gasteiger partial charge in [0.25, 0.3) is 0 Å². The predicted molar refractivity (Wildman–Crippen MR) is 102 cm³/mol. The van der Waals surface area contributed by atoms with Crippen LogP contribution >= 0.6 is 11.3 Å².